The van der Waals surface area contributed by atoms with Crippen LogP contribution in [0, 0.1) is 5.92 Å². The van der Waals surface area contributed by atoms with Crippen molar-refractivity contribution in [2.24, 2.45) is 5.92 Å². The molecule has 0 fully saturated rings. The number of benzene rings is 1. The van der Waals surface area contributed by atoms with Crippen molar-refractivity contribution in [3.05, 3.63) is 47.7 Å². The van der Waals surface area contributed by atoms with Crippen LogP contribution in [0.15, 0.2) is 42.1 Å². The molecular weight excluding hydrogens is 294 g/mol. The van der Waals surface area contributed by atoms with E-state index < -0.39 is 23.3 Å². The minimum absolute atomic E-state index is 0.0355. The molecule has 0 saturated carbocycles. The lowest BCUT2D eigenvalue weighted by Crippen LogP contribution is -2.56. The van der Waals surface area contributed by atoms with Crippen LogP contribution in [0.2, 0.25) is 0 Å². The maximum atomic E-state index is 12.9. The second-order valence-corrected chi connectivity index (χ2v) is 6.85. The van der Waals surface area contributed by atoms with Gasteiger partial charge in [-0.15, -0.1) is 0 Å². The van der Waals surface area contributed by atoms with E-state index >= 15 is 0 Å². The fourth-order valence-electron chi connectivity index (χ4n) is 2.25. The van der Waals surface area contributed by atoms with Crippen molar-refractivity contribution in [1.82, 2.24) is 5.32 Å². The molecule has 1 aromatic carbocycles. The average molecular weight is 317 g/mol. The molecule has 5 heteroatoms. The molecule has 1 aliphatic heterocycles. The summed E-state index contributed by atoms with van der Waals surface area (Å²) in [5.74, 6) is -1.17. The summed E-state index contributed by atoms with van der Waals surface area (Å²) in [6.45, 7) is 9.18. The lowest BCUT2D eigenvalue weighted by Gasteiger charge is -2.38. The molecule has 0 spiro atoms. The Labute approximate surface area is 136 Å². The number of carbonyl (C=O) groups excluding carboxylic acids is 2. The summed E-state index contributed by atoms with van der Waals surface area (Å²) >= 11 is 0. The van der Waals surface area contributed by atoms with Crippen molar-refractivity contribution < 1.29 is 19.1 Å². The van der Waals surface area contributed by atoms with Crippen molar-refractivity contribution in [3.63, 3.8) is 0 Å². The van der Waals surface area contributed by atoms with E-state index in [1.165, 1.54) is 6.08 Å². The van der Waals surface area contributed by atoms with Crippen LogP contribution >= 0.6 is 0 Å². The van der Waals surface area contributed by atoms with Crippen LogP contribution in [0.25, 0.3) is 0 Å². The first kappa shape index (κ1) is 17.1. The number of ether oxygens (including phenoxy) is 2. The highest BCUT2D eigenvalue weighted by Crippen LogP contribution is 2.32. The van der Waals surface area contributed by atoms with Crippen LogP contribution in [-0.4, -0.2) is 17.5 Å². The topological polar surface area (TPSA) is 64.6 Å². The largest absolute Gasteiger partial charge is 0.455 e. The summed E-state index contributed by atoms with van der Waals surface area (Å²) < 4.78 is 11.0. The Morgan fingerprint density at radius 1 is 1.22 bits per heavy atom. The molecule has 1 N–H and O–H groups in total. The van der Waals surface area contributed by atoms with Gasteiger partial charge in [-0.25, -0.2) is 9.59 Å². The zero-order valence-electron chi connectivity index (χ0n) is 14.2. The maximum absolute atomic E-state index is 12.9. The molecule has 1 aromatic rings. The molecule has 2 rings (SSSR count). The van der Waals surface area contributed by atoms with E-state index in [9.17, 15) is 9.59 Å². The number of cyclic esters (lactones) is 1. The Balaban J connectivity index is 2.51. The number of rotatable bonds is 3. The van der Waals surface area contributed by atoms with Gasteiger partial charge in [-0.2, -0.15) is 0 Å². The van der Waals surface area contributed by atoms with E-state index in [-0.39, 0.29) is 5.92 Å². The van der Waals surface area contributed by atoms with Crippen LogP contribution in [-0.2, 0) is 24.8 Å². The predicted octanol–water partition coefficient (Wildman–Crippen LogP) is 2.87. The summed E-state index contributed by atoms with van der Waals surface area (Å²) in [5.41, 5.74) is -1.21. The molecule has 1 atom stereocenters. The van der Waals surface area contributed by atoms with Gasteiger partial charge in [-0.1, -0.05) is 44.2 Å². The maximum Gasteiger partial charge on any atom is 0.378 e. The molecule has 1 unspecified atom stereocenters. The average Bonchev–Trinajstić information content (AvgIpc) is 2.45. The third kappa shape index (κ3) is 3.73. The quantitative estimate of drug-likeness (QED) is 0.869. The Bertz CT molecular complexity index is 628. The van der Waals surface area contributed by atoms with E-state index in [0.29, 0.717) is 11.3 Å². The van der Waals surface area contributed by atoms with Gasteiger partial charge in [-0.05, 0) is 26.7 Å². The molecule has 5 nitrogen and oxygen atoms in total. The second kappa shape index (κ2) is 6.07. The van der Waals surface area contributed by atoms with Crippen molar-refractivity contribution in [2.75, 3.05) is 0 Å². The summed E-state index contributed by atoms with van der Waals surface area (Å²) in [7, 11) is 0. The van der Waals surface area contributed by atoms with E-state index in [4.69, 9.17) is 9.47 Å². The van der Waals surface area contributed by atoms with Crippen LogP contribution in [0.4, 0.5) is 0 Å². The van der Waals surface area contributed by atoms with Crippen LogP contribution < -0.4 is 5.32 Å². The van der Waals surface area contributed by atoms with E-state index in [1.54, 1.807) is 45.0 Å². The van der Waals surface area contributed by atoms with Gasteiger partial charge in [0.05, 0.1) is 0 Å². The molecular formula is C18H23NO4. The Morgan fingerprint density at radius 3 is 2.35 bits per heavy atom. The van der Waals surface area contributed by atoms with Crippen molar-refractivity contribution in [1.29, 1.82) is 0 Å². The molecule has 1 aliphatic rings. The molecule has 0 radical (unpaired) electrons. The molecule has 0 aromatic heterocycles. The molecule has 0 aliphatic carbocycles. The second-order valence-electron chi connectivity index (χ2n) is 6.85. The number of allylic oxidation sites excluding steroid dienone is 1. The van der Waals surface area contributed by atoms with Crippen molar-refractivity contribution in [3.8, 4) is 0 Å². The predicted molar refractivity (Wildman–Crippen MR) is 86.1 cm³/mol. The molecule has 0 amide bonds. The normalized spacial score (nSPS) is 21.3. The number of carbonyl (C=O) groups is 2. The summed E-state index contributed by atoms with van der Waals surface area (Å²) in [6, 6.07) is 8.85. The third-order valence-corrected chi connectivity index (χ3v) is 3.34. The van der Waals surface area contributed by atoms with Gasteiger partial charge in [0.25, 0.3) is 0 Å². The standard InChI is InChI=1S/C18H23NO4/c1-12(2)14-11-15(20)22-18(19-14,13-9-7-6-8-10-13)16(21)23-17(3,4)5/h6-12,19H,1-5H3. The Morgan fingerprint density at radius 2 is 1.83 bits per heavy atom. The van der Waals surface area contributed by atoms with Gasteiger partial charge in [0.15, 0.2) is 0 Å². The Hall–Kier alpha value is -2.30. The Kier molecular flexibility index (Phi) is 4.50. The number of hydrogen-bond donors (Lipinski definition) is 1. The van der Waals surface area contributed by atoms with Gasteiger partial charge < -0.3 is 14.8 Å². The SMILES string of the molecule is CC(C)C1=CC(=O)OC(C(=O)OC(C)(C)C)(c2ccccc2)N1. The van der Waals surface area contributed by atoms with Crippen molar-refractivity contribution in [2.45, 2.75) is 45.9 Å². The highest BCUT2D eigenvalue weighted by molar-refractivity contribution is 5.91. The number of hydrogen-bond acceptors (Lipinski definition) is 5. The fourth-order valence-corrected chi connectivity index (χ4v) is 2.25. The first-order chi connectivity index (χ1) is 10.6. The lowest BCUT2D eigenvalue weighted by molar-refractivity contribution is -0.196. The summed E-state index contributed by atoms with van der Waals surface area (Å²) in [5, 5.41) is 3.08. The molecule has 124 valence electrons. The van der Waals surface area contributed by atoms with Gasteiger partial charge in [-0.3, -0.25) is 0 Å². The zero-order valence-corrected chi connectivity index (χ0v) is 14.2. The van der Waals surface area contributed by atoms with Crippen LogP contribution in [0.5, 0.6) is 0 Å². The third-order valence-electron chi connectivity index (χ3n) is 3.34. The van der Waals surface area contributed by atoms with E-state index in [1.807, 2.05) is 19.9 Å². The van der Waals surface area contributed by atoms with E-state index in [0.717, 1.165) is 0 Å². The minimum Gasteiger partial charge on any atom is -0.455 e. The highest BCUT2D eigenvalue weighted by Gasteiger charge is 2.50. The first-order valence-corrected chi connectivity index (χ1v) is 7.66. The lowest BCUT2D eigenvalue weighted by atomic mass is 9.98. The summed E-state index contributed by atoms with van der Waals surface area (Å²) in [6.07, 6.45) is 1.37. The van der Waals surface area contributed by atoms with Gasteiger partial charge >= 0.3 is 17.7 Å². The zero-order chi connectivity index (χ0) is 17.3. The summed E-state index contributed by atoms with van der Waals surface area (Å²) in [4.78, 5) is 25.0. The highest BCUT2D eigenvalue weighted by atomic mass is 16.6. The molecule has 23 heavy (non-hydrogen) atoms. The minimum atomic E-state index is -1.67. The molecule has 1 heterocycles. The monoisotopic (exact) mass is 317 g/mol. The molecule has 0 bridgehead atoms. The van der Waals surface area contributed by atoms with Crippen molar-refractivity contribution >= 4 is 11.9 Å². The van der Waals surface area contributed by atoms with Crippen LogP contribution in [0.1, 0.15) is 40.2 Å². The van der Waals surface area contributed by atoms with Gasteiger partial charge in [0.1, 0.15) is 5.60 Å². The molecule has 0 saturated heterocycles. The number of nitrogens with one attached hydrogen (secondary N) is 1. The smallest absolute Gasteiger partial charge is 0.378 e. The van der Waals surface area contributed by atoms with Gasteiger partial charge in [0.2, 0.25) is 0 Å². The van der Waals surface area contributed by atoms with E-state index in [2.05, 4.69) is 5.32 Å². The van der Waals surface area contributed by atoms with Crippen LogP contribution in [0.3, 0.4) is 0 Å². The fraction of sp³-hybridized carbons (Fsp3) is 0.444. The van der Waals surface area contributed by atoms with Gasteiger partial charge in [0, 0.05) is 17.3 Å². The first-order valence-electron chi connectivity index (χ1n) is 7.66. The number of esters is 2.